The third kappa shape index (κ3) is 6.22. The highest BCUT2D eigenvalue weighted by molar-refractivity contribution is 7.27. The zero-order chi connectivity index (χ0) is 26.7. The first-order chi connectivity index (χ1) is 17.7. The molecule has 2 bridgehead atoms. The van der Waals surface area contributed by atoms with E-state index in [1.165, 1.54) is 0 Å². The molecule has 37 heavy (non-hydrogen) atoms. The van der Waals surface area contributed by atoms with Gasteiger partial charge in [0.2, 0.25) is 5.91 Å². The van der Waals surface area contributed by atoms with Crippen LogP contribution in [-0.4, -0.2) is 49.6 Å². The van der Waals surface area contributed by atoms with Crippen LogP contribution in [0.3, 0.4) is 0 Å². The number of nitrogens with one attached hydrogen (secondary N) is 3. The topological polar surface area (TPSA) is 106 Å². The Morgan fingerprint density at radius 2 is 1.76 bits per heavy atom. The summed E-state index contributed by atoms with van der Waals surface area (Å²) in [6, 6.07) is 3.62. The molecule has 0 aromatic heterocycles. The van der Waals surface area contributed by atoms with Crippen molar-refractivity contribution in [3.63, 3.8) is 0 Å². The average molecular weight is 532 g/mol. The van der Waals surface area contributed by atoms with Crippen LogP contribution >= 0.6 is 9.24 Å². The minimum atomic E-state index is -0.190. The van der Waals surface area contributed by atoms with E-state index in [9.17, 15) is 14.4 Å². The van der Waals surface area contributed by atoms with Gasteiger partial charge in [0.15, 0.2) is 0 Å². The van der Waals surface area contributed by atoms with Gasteiger partial charge in [-0.3, -0.25) is 14.4 Å². The average Bonchev–Trinajstić information content (AvgIpc) is 3.47. The third-order valence-electron chi connectivity index (χ3n) is 8.20. The lowest BCUT2D eigenvalue weighted by atomic mass is 9.83. The predicted octanol–water partition coefficient (Wildman–Crippen LogP) is 3.40. The van der Waals surface area contributed by atoms with Gasteiger partial charge in [0.05, 0.1) is 30.1 Å². The van der Waals surface area contributed by atoms with Crippen LogP contribution in [0.4, 0.5) is 5.69 Å². The predicted molar refractivity (Wildman–Crippen MR) is 147 cm³/mol. The van der Waals surface area contributed by atoms with Crippen molar-refractivity contribution in [2.24, 2.45) is 23.7 Å². The Hall–Kier alpha value is -2.34. The monoisotopic (exact) mass is 531 g/mol. The Morgan fingerprint density at radius 3 is 2.41 bits per heavy atom. The van der Waals surface area contributed by atoms with E-state index in [4.69, 9.17) is 9.47 Å². The van der Waals surface area contributed by atoms with Crippen LogP contribution in [0.1, 0.15) is 76.1 Å². The fraction of sp³-hybridized carbons (Fsp3) is 0.679. The highest BCUT2D eigenvalue weighted by atomic mass is 31.0. The number of carbonyl (C=O) groups is 3. The fourth-order valence-electron chi connectivity index (χ4n) is 6.44. The molecule has 9 heteroatoms. The first kappa shape index (κ1) is 27.7. The van der Waals surface area contributed by atoms with Crippen molar-refractivity contribution in [3.8, 4) is 5.75 Å². The summed E-state index contributed by atoms with van der Waals surface area (Å²) in [5, 5.41) is 10.3. The van der Waals surface area contributed by atoms with E-state index in [2.05, 4.69) is 25.2 Å². The van der Waals surface area contributed by atoms with Crippen LogP contribution in [0.15, 0.2) is 12.1 Å². The SMILES string of the molecule is CCOC(=O)[C@H]1CC[C@@H](Oc2cc(C(=O)N[C@@H]3[C@H]4CC[C@H](C4)[C@@H]3C(=O)NC(C)C)c(NC)cc2P)CC1. The van der Waals surface area contributed by atoms with Gasteiger partial charge >= 0.3 is 5.97 Å². The minimum absolute atomic E-state index is 0.0176. The Balaban J connectivity index is 1.46. The molecular formula is C28H42N3O5P. The van der Waals surface area contributed by atoms with Gasteiger partial charge in [-0.05, 0) is 89.7 Å². The summed E-state index contributed by atoms with van der Waals surface area (Å²) in [5.41, 5.74) is 1.22. The number of amides is 2. The molecule has 3 aliphatic carbocycles. The van der Waals surface area contributed by atoms with Crippen molar-refractivity contribution < 1.29 is 23.9 Å². The van der Waals surface area contributed by atoms with Crippen molar-refractivity contribution in [1.82, 2.24) is 10.6 Å². The van der Waals surface area contributed by atoms with Crippen LogP contribution in [0.5, 0.6) is 5.75 Å². The molecule has 204 valence electrons. The third-order valence-corrected chi connectivity index (χ3v) is 8.65. The van der Waals surface area contributed by atoms with Gasteiger partial charge in [-0.1, -0.05) is 0 Å². The standard InChI is InChI=1S/C28H42N3O5P/c1-5-35-28(34)16-8-10-19(11-9-16)36-22-13-20(21(29-4)14-23(22)37)26(32)31-25-18-7-6-17(12-18)24(25)27(33)30-15(2)3/h13-19,24-25,29H,5-12,37H2,1-4H3,(H,30,33)(H,31,32)/t16-,17-,18+,19+,24+,25-/m1/s1. The normalized spacial score (nSPS) is 28.6. The van der Waals surface area contributed by atoms with E-state index in [1.54, 1.807) is 13.1 Å². The number of anilines is 1. The Kier molecular flexibility index (Phi) is 8.99. The first-order valence-corrected chi connectivity index (χ1v) is 14.3. The highest BCUT2D eigenvalue weighted by Gasteiger charge is 2.51. The Bertz CT molecular complexity index is 1010. The summed E-state index contributed by atoms with van der Waals surface area (Å²) in [7, 11) is 4.49. The second-order valence-electron chi connectivity index (χ2n) is 11.1. The molecule has 3 aliphatic rings. The van der Waals surface area contributed by atoms with Crippen molar-refractivity contribution in [2.45, 2.75) is 83.9 Å². The molecule has 0 aliphatic heterocycles. The number of rotatable bonds is 9. The number of hydrogen-bond donors (Lipinski definition) is 3. The molecule has 3 fully saturated rings. The number of fused-ring (bicyclic) bond motifs is 2. The molecule has 1 unspecified atom stereocenters. The van der Waals surface area contributed by atoms with Gasteiger partial charge in [0.25, 0.3) is 5.91 Å². The number of benzene rings is 1. The molecule has 3 N–H and O–H groups in total. The maximum Gasteiger partial charge on any atom is 0.308 e. The minimum Gasteiger partial charge on any atom is -0.490 e. The zero-order valence-electron chi connectivity index (χ0n) is 22.5. The van der Waals surface area contributed by atoms with E-state index in [0.717, 1.165) is 50.3 Å². The molecule has 3 saturated carbocycles. The molecule has 5 atom stereocenters. The molecular weight excluding hydrogens is 489 g/mol. The van der Waals surface area contributed by atoms with E-state index in [1.807, 2.05) is 26.8 Å². The highest BCUT2D eigenvalue weighted by Crippen LogP contribution is 2.48. The van der Waals surface area contributed by atoms with Gasteiger partial charge in [-0.15, -0.1) is 9.24 Å². The van der Waals surface area contributed by atoms with Gasteiger partial charge in [0.1, 0.15) is 5.75 Å². The smallest absolute Gasteiger partial charge is 0.308 e. The van der Waals surface area contributed by atoms with Crippen molar-refractivity contribution >= 4 is 38.0 Å². The lowest BCUT2D eigenvalue weighted by molar-refractivity contribution is -0.149. The quantitative estimate of drug-likeness (QED) is 0.333. The second kappa shape index (κ2) is 12.0. The molecule has 0 radical (unpaired) electrons. The summed E-state index contributed by atoms with van der Waals surface area (Å²) in [4.78, 5) is 38.6. The van der Waals surface area contributed by atoms with Crippen LogP contribution in [0.25, 0.3) is 0 Å². The van der Waals surface area contributed by atoms with Crippen molar-refractivity contribution in [3.05, 3.63) is 17.7 Å². The van der Waals surface area contributed by atoms with Crippen LogP contribution in [-0.2, 0) is 14.3 Å². The van der Waals surface area contributed by atoms with Crippen LogP contribution < -0.4 is 26.0 Å². The van der Waals surface area contributed by atoms with Crippen LogP contribution in [0, 0.1) is 23.7 Å². The number of ether oxygens (including phenoxy) is 2. The van der Waals surface area contributed by atoms with Gasteiger partial charge in [-0.25, -0.2) is 0 Å². The van der Waals surface area contributed by atoms with Gasteiger partial charge < -0.3 is 25.4 Å². The molecule has 4 rings (SSSR count). The molecule has 1 aromatic carbocycles. The Labute approximate surface area is 222 Å². The molecule has 2 amide bonds. The van der Waals surface area contributed by atoms with Gasteiger partial charge in [-0.2, -0.15) is 0 Å². The lowest BCUT2D eigenvalue weighted by Gasteiger charge is -2.32. The second-order valence-corrected chi connectivity index (χ2v) is 11.7. The Morgan fingerprint density at radius 1 is 1.05 bits per heavy atom. The summed E-state index contributed by atoms with van der Waals surface area (Å²) in [6.07, 6.45) is 6.08. The maximum atomic E-state index is 13.6. The van der Waals surface area contributed by atoms with Crippen molar-refractivity contribution in [1.29, 1.82) is 0 Å². The summed E-state index contributed by atoms with van der Waals surface area (Å²) < 4.78 is 11.5. The number of carbonyl (C=O) groups excluding carboxylic acids is 3. The molecule has 0 heterocycles. The van der Waals surface area contributed by atoms with Gasteiger partial charge in [0, 0.05) is 30.1 Å². The van der Waals surface area contributed by atoms with Crippen molar-refractivity contribution in [2.75, 3.05) is 19.0 Å². The summed E-state index contributed by atoms with van der Waals surface area (Å²) in [6.45, 7) is 6.16. The number of hydrogen-bond acceptors (Lipinski definition) is 6. The van der Waals surface area contributed by atoms with E-state index < -0.39 is 0 Å². The fourth-order valence-corrected chi connectivity index (χ4v) is 6.75. The molecule has 1 aromatic rings. The van der Waals surface area contributed by atoms with E-state index >= 15 is 0 Å². The van der Waals surface area contributed by atoms with E-state index in [0.29, 0.717) is 35.4 Å². The largest absolute Gasteiger partial charge is 0.490 e. The summed E-state index contributed by atoms with van der Waals surface area (Å²) >= 11 is 0. The van der Waals surface area contributed by atoms with E-state index in [-0.39, 0.29) is 47.8 Å². The maximum absolute atomic E-state index is 13.6. The first-order valence-electron chi connectivity index (χ1n) is 13.8. The van der Waals surface area contributed by atoms with Crippen LogP contribution in [0.2, 0.25) is 0 Å². The molecule has 0 saturated heterocycles. The summed E-state index contributed by atoms with van der Waals surface area (Å²) in [5.74, 6) is 0.799. The number of esters is 1. The molecule has 8 nitrogen and oxygen atoms in total. The zero-order valence-corrected chi connectivity index (χ0v) is 23.6. The lowest BCUT2D eigenvalue weighted by Crippen LogP contribution is -2.51. The molecule has 0 spiro atoms.